The van der Waals surface area contributed by atoms with Gasteiger partial charge in [0.25, 0.3) is 0 Å². The molecule has 0 aliphatic rings. The maximum atomic E-state index is 0. The monoisotopic (exact) mass is 290 g/mol. The predicted octanol–water partition coefficient (Wildman–Crippen LogP) is -0.281. The molecule has 0 aliphatic heterocycles. The predicted molar refractivity (Wildman–Crippen MR) is 24.2 cm³/mol. The largest absolute Gasteiger partial charge is 3.00 e. The van der Waals surface area contributed by atoms with Crippen LogP contribution in [0.4, 0.5) is 0 Å². The van der Waals surface area contributed by atoms with Crippen molar-refractivity contribution in [1.29, 1.82) is 0 Å². The molecule has 0 fully saturated rings. The van der Waals surface area contributed by atoms with Gasteiger partial charge in [-0.3, -0.25) is 0 Å². The van der Waals surface area contributed by atoms with Crippen LogP contribution >= 0.6 is 9.90 Å². The first-order valence-corrected chi connectivity index (χ1v) is 0. The van der Waals surface area contributed by atoms with E-state index in [0.717, 1.165) is 0 Å². The van der Waals surface area contributed by atoms with E-state index in [1.807, 2.05) is 0 Å². The van der Waals surface area contributed by atoms with Crippen molar-refractivity contribution >= 4 is 73.5 Å². The number of hydrogen-bond acceptors (Lipinski definition) is 0. The summed E-state index contributed by atoms with van der Waals surface area (Å²) in [6.45, 7) is 0. The van der Waals surface area contributed by atoms with Crippen LogP contribution in [0.5, 0.6) is 0 Å². The SMILES string of the molecule is [As].[Ga].[In+3].[P-3]. The van der Waals surface area contributed by atoms with E-state index in [2.05, 4.69) is 0 Å². The quantitative estimate of drug-likeness (QED) is 0.425. The molecule has 0 nitrogen and oxygen atoms in total. The number of hydrogen-bond donors (Lipinski definition) is 0. The fourth-order valence-electron chi connectivity index (χ4n) is 0. The Kier molecular flexibility index (Phi) is 140. The molecule has 0 aromatic heterocycles. The summed E-state index contributed by atoms with van der Waals surface area (Å²) < 4.78 is 0. The Morgan fingerprint density at radius 2 is 1.00 bits per heavy atom. The molecule has 0 aromatic rings. The van der Waals surface area contributed by atoms with Gasteiger partial charge in [0.05, 0.1) is 0 Å². The third-order valence-corrected chi connectivity index (χ3v) is 0. The van der Waals surface area contributed by atoms with Gasteiger partial charge >= 0.3 is 25.8 Å². The van der Waals surface area contributed by atoms with Crippen molar-refractivity contribution < 1.29 is 0 Å². The molecule has 4 heavy (non-hydrogen) atoms. The van der Waals surface area contributed by atoms with Crippen molar-refractivity contribution in [3.05, 3.63) is 0 Å². The van der Waals surface area contributed by atoms with E-state index in [4.69, 9.17) is 0 Å². The van der Waals surface area contributed by atoms with Crippen LogP contribution in [0.25, 0.3) is 0 Å². The summed E-state index contributed by atoms with van der Waals surface area (Å²) in [4.78, 5) is 0. The second kappa shape index (κ2) is 17.8. The van der Waals surface area contributed by atoms with Gasteiger partial charge in [-0.1, -0.05) is 0 Å². The molecule has 0 N–H and O–H groups in total. The Balaban J connectivity index is 0. The molecule has 4 heteroatoms. The van der Waals surface area contributed by atoms with Crippen molar-refractivity contribution in [2.24, 2.45) is 0 Å². The van der Waals surface area contributed by atoms with E-state index >= 15 is 0 Å². The minimum Gasteiger partial charge on any atom is -3.00 e. The Morgan fingerprint density at radius 1 is 1.00 bits per heavy atom. The van der Waals surface area contributed by atoms with Gasteiger partial charge in [0, 0.05) is 37.7 Å². The maximum Gasteiger partial charge on any atom is 3.00 e. The minimum atomic E-state index is 0. The summed E-state index contributed by atoms with van der Waals surface area (Å²) in [5.74, 6) is 0. The first-order chi connectivity index (χ1) is 0. The van der Waals surface area contributed by atoms with Crippen LogP contribution in [0.15, 0.2) is 0 Å². The maximum absolute atomic E-state index is 0. The molecular weight excluding hydrogens is 290 g/mol. The standard InChI is InChI=1S/As.Ga.In.P/q;;+3;-3. The van der Waals surface area contributed by atoms with E-state index in [9.17, 15) is 0 Å². The Hall–Kier alpha value is 2.49. The summed E-state index contributed by atoms with van der Waals surface area (Å²) in [5, 5.41) is 0. The molecule has 6 radical (unpaired) electrons. The fourth-order valence-corrected chi connectivity index (χ4v) is 0. The zero-order valence-corrected chi connectivity index (χ0v) is 10.5. The second-order valence-electron chi connectivity index (χ2n) is 0. The molecule has 0 aromatic carbocycles. The van der Waals surface area contributed by atoms with Gasteiger partial charge in [-0.05, 0) is 0 Å². The molecule has 0 bridgehead atoms. The van der Waals surface area contributed by atoms with Crippen LogP contribution in [0.1, 0.15) is 0 Å². The Labute approximate surface area is 72.6 Å². The van der Waals surface area contributed by atoms with Gasteiger partial charge in [0.1, 0.15) is 0 Å². The summed E-state index contributed by atoms with van der Waals surface area (Å²) in [7, 11) is 0. The summed E-state index contributed by atoms with van der Waals surface area (Å²) >= 11 is 0. The molecule has 0 saturated heterocycles. The molecule has 0 atom stereocenters. The van der Waals surface area contributed by atoms with E-state index in [1.165, 1.54) is 0 Å². The Morgan fingerprint density at radius 3 is 1.00 bits per heavy atom. The molecule has 0 saturated carbocycles. The van der Waals surface area contributed by atoms with Crippen molar-refractivity contribution in [3.8, 4) is 0 Å². The molecule has 0 rings (SSSR count). The van der Waals surface area contributed by atoms with E-state index in [0.29, 0.717) is 0 Å². The molecule has 0 heterocycles. The Bertz CT molecular complexity index is 8.00. The molecule has 16 valence electrons. The van der Waals surface area contributed by atoms with Gasteiger partial charge in [-0.15, -0.1) is 0 Å². The van der Waals surface area contributed by atoms with Crippen molar-refractivity contribution in [3.63, 3.8) is 0 Å². The van der Waals surface area contributed by atoms with Crippen molar-refractivity contribution in [2.45, 2.75) is 0 Å². The third-order valence-electron chi connectivity index (χ3n) is 0. The zero-order valence-electron chi connectivity index (χ0n) is 2.05. The van der Waals surface area contributed by atoms with Crippen LogP contribution in [0.2, 0.25) is 0 Å². The van der Waals surface area contributed by atoms with Gasteiger partial charge in [0.2, 0.25) is 0 Å². The van der Waals surface area contributed by atoms with Gasteiger partial charge in [-0.25, -0.2) is 0 Å². The first-order valence-electron chi connectivity index (χ1n) is 0. The number of rotatable bonds is 0. The van der Waals surface area contributed by atoms with Crippen LogP contribution in [-0.4, -0.2) is 63.6 Å². The van der Waals surface area contributed by atoms with Gasteiger partial charge in [0.15, 0.2) is 0 Å². The molecule has 0 aliphatic carbocycles. The normalized spacial score (nSPS) is 0. The summed E-state index contributed by atoms with van der Waals surface area (Å²) in [6, 6.07) is 0. The average Bonchev–Trinajstić information content (AvgIpc) is 0. The summed E-state index contributed by atoms with van der Waals surface area (Å²) in [6.07, 6.45) is 0. The van der Waals surface area contributed by atoms with E-state index in [-0.39, 0.29) is 73.5 Å². The van der Waals surface area contributed by atoms with Gasteiger partial charge in [-0.2, -0.15) is 0 Å². The van der Waals surface area contributed by atoms with Crippen molar-refractivity contribution in [2.75, 3.05) is 0 Å². The van der Waals surface area contributed by atoms with Crippen LogP contribution < -0.4 is 0 Å². The minimum absolute atomic E-state index is 0. The van der Waals surface area contributed by atoms with Gasteiger partial charge < -0.3 is 9.90 Å². The second-order valence-corrected chi connectivity index (χ2v) is 0. The van der Waals surface area contributed by atoms with Crippen LogP contribution in [-0.2, 0) is 0 Å². The van der Waals surface area contributed by atoms with Crippen molar-refractivity contribution in [1.82, 2.24) is 0 Å². The van der Waals surface area contributed by atoms with E-state index in [1.54, 1.807) is 0 Å². The topological polar surface area (TPSA) is 0 Å². The zero-order chi connectivity index (χ0) is 0. The first kappa shape index (κ1) is 31.5. The smallest absolute Gasteiger partial charge is 3.00 e. The third kappa shape index (κ3) is 8.82. The molecule has 0 spiro atoms. The molecular formula is AsGaInP. The molecule has 0 amide bonds. The fraction of sp³-hybridized carbons (Fsp3) is 0. The van der Waals surface area contributed by atoms with Crippen LogP contribution in [0, 0.1) is 0 Å². The van der Waals surface area contributed by atoms with E-state index < -0.39 is 0 Å². The summed E-state index contributed by atoms with van der Waals surface area (Å²) in [5.41, 5.74) is 0. The average molecular weight is 290 g/mol. The van der Waals surface area contributed by atoms with Crippen LogP contribution in [0.3, 0.4) is 0 Å². The molecule has 0 unspecified atom stereocenters.